The van der Waals surface area contributed by atoms with Gasteiger partial charge in [0.05, 0.1) is 13.2 Å². The highest BCUT2D eigenvalue weighted by Crippen LogP contribution is 2.15. The number of guanidine groups is 1. The standard InChI is InChI=1S/C16H29N7O/c1-13-19-20-15(21(13)3)10-18-16(17-2)23-7-5-22(6-8-23)11-14-4-9-24-12-14/h14H,4-12H2,1-3H3,(H,17,18). The first-order valence-corrected chi connectivity index (χ1v) is 8.78. The van der Waals surface area contributed by atoms with E-state index in [1.165, 1.54) is 6.42 Å². The minimum absolute atomic E-state index is 0.643. The molecule has 1 unspecified atom stereocenters. The van der Waals surface area contributed by atoms with Crippen molar-refractivity contribution in [1.29, 1.82) is 0 Å². The fourth-order valence-electron chi connectivity index (χ4n) is 3.33. The van der Waals surface area contributed by atoms with Crippen molar-refractivity contribution in [3.05, 3.63) is 11.6 Å². The molecule has 0 radical (unpaired) electrons. The number of nitrogens with one attached hydrogen (secondary N) is 1. The van der Waals surface area contributed by atoms with Crippen LogP contribution in [0.2, 0.25) is 0 Å². The van der Waals surface area contributed by atoms with Gasteiger partial charge in [-0.15, -0.1) is 10.2 Å². The Kier molecular flexibility index (Phi) is 5.68. The third-order valence-corrected chi connectivity index (χ3v) is 5.01. The Morgan fingerprint density at radius 2 is 2.08 bits per heavy atom. The topological polar surface area (TPSA) is 70.8 Å². The van der Waals surface area contributed by atoms with Gasteiger partial charge in [0.25, 0.3) is 0 Å². The summed E-state index contributed by atoms with van der Waals surface area (Å²) in [5.74, 6) is 3.51. The maximum atomic E-state index is 5.48. The van der Waals surface area contributed by atoms with Crippen LogP contribution in [0.25, 0.3) is 0 Å². The zero-order valence-corrected chi connectivity index (χ0v) is 15.0. The van der Waals surface area contributed by atoms with Crippen LogP contribution in [-0.2, 0) is 18.3 Å². The van der Waals surface area contributed by atoms with Crippen LogP contribution in [0.15, 0.2) is 4.99 Å². The quantitative estimate of drug-likeness (QED) is 0.610. The molecule has 8 nitrogen and oxygen atoms in total. The first-order valence-electron chi connectivity index (χ1n) is 8.78. The average molecular weight is 335 g/mol. The van der Waals surface area contributed by atoms with E-state index in [1.54, 1.807) is 0 Å². The van der Waals surface area contributed by atoms with Gasteiger partial charge < -0.3 is 19.5 Å². The Balaban J connectivity index is 1.46. The Labute approximate surface area is 143 Å². The first kappa shape index (κ1) is 17.2. The Morgan fingerprint density at radius 3 is 2.67 bits per heavy atom. The molecule has 0 saturated carbocycles. The van der Waals surface area contributed by atoms with Crippen molar-refractivity contribution in [1.82, 2.24) is 29.9 Å². The van der Waals surface area contributed by atoms with Gasteiger partial charge >= 0.3 is 0 Å². The van der Waals surface area contributed by atoms with Crippen molar-refractivity contribution in [3.63, 3.8) is 0 Å². The molecule has 2 aliphatic heterocycles. The van der Waals surface area contributed by atoms with Gasteiger partial charge in [0, 0.05) is 53.4 Å². The van der Waals surface area contributed by atoms with E-state index in [2.05, 4.69) is 30.3 Å². The molecular weight excluding hydrogens is 306 g/mol. The van der Waals surface area contributed by atoms with E-state index in [0.717, 1.165) is 63.5 Å². The Bertz CT molecular complexity index is 557. The summed E-state index contributed by atoms with van der Waals surface area (Å²) in [7, 11) is 3.83. The number of aromatic nitrogens is 3. The molecule has 1 atom stereocenters. The van der Waals surface area contributed by atoms with Crippen molar-refractivity contribution in [2.75, 3.05) is 53.0 Å². The zero-order valence-electron chi connectivity index (χ0n) is 15.0. The molecule has 0 amide bonds. The van der Waals surface area contributed by atoms with Gasteiger partial charge in [-0.2, -0.15) is 0 Å². The molecule has 1 aromatic rings. The van der Waals surface area contributed by atoms with Crippen molar-refractivity contribution >= 4 is 5.96 Å². The molecule has 1 N–H and O–H groups in total. The first-order chi connectivity index (χ1) is 11.7. The van der Waals surface area contributed by atoms with Crippen LogP contribution in [0.5, 0.6) is 0 Å². The van der Waals surface area contributed by atoms with Crippen molar-refractivity contribution < 1.29 is 4.74 Å². The number of hydrogen-bond donors (Lipinski definition) is 1. The van der Waals surface area contributed by atoms with Gasteiger partial charge in [0.1, 0.15) is 5.82 Å². The molecule has 2 saturated heterocycles. The summed E-state index contributed by atoms with van der Waals surface area (Å²) in [4.78, 5) is 9.30. The molecule has 3 rings (SSSR count). The SMILES string of the molecule is CN=C(NCc1nnc(C)n1C)N1CCN(CC2CCOC2)CC1. The highest BCUT2D eigenvalue weighted by atomic mass is 16.5. The predicted molar refractivity (Wildman–Crippen MR) is 92.9 cm³/mol. The summed E-state index contributed by atoms with van der Waals surface area (Å²) in [5, 5.41) is 11.7. The van der Waals surface area contributed by atoms with Crippen LogP contribution in [0.3, 0.4) is 0 Å². The number of rotatable bonds is 4. The van der Waals surface area contributed by atoms with Crippen molar-refractivity contribution in [2.45, 2.75) is 19.9 Å². The molecule has 0 aromatic carbocycles. The Morgan fingerprint density at radius 1 is 1.29 bits per heavy atom. The summed E-state index contributed by atoms with van der Waals surface area (Å²) in [6, 6.07) is 0. The fraction of sp³-hybridized carbons (Fsp3) is 0.812. The van der Waals surface area contributed by atoms with Crippen LogP contribution in [-0.4, -0.2) is 83.5 Å². The van der Waals surface area contributed by atoms with E-state index in [0.29, 0.717) is 12.5 Å². The predicted octanol–water partition coefficient (Wildman–Crippen LogP) is -0.147. The van der Waals surface area contributed by atoms with Crippen molar-refractivity contribution in [3.8, 4) is 0 Å². The molecule has 134 valence electrons. The lowest BCUT2D eigenvalue weighted by molar-refractivity contribution is 0.139. The van der Waals surface area contributed by atoms with Gasteiger partial charge in [-0.1, -0.05) is 0 Å². The lowest BCUT2D eigenvalue weighted by Crippen LogP contribution is -2.53. The average Bonchev–Trinajstić information content (AvgIpc) is 3.21. The van der Waals surface area contributed by atoms with E-state index in [4.69, 9.17) is 4.74 Å². The molecule has 2 aliphatic rings. The molecule has 0 spiro atoms. The highest BCUT2D eigenvalue weighted by Gasteiger charge is 2.24. The van der Waals surface area contributed by atoms with E-state index in [1.807, 2.05) is 25.6 Å². The summed E-state index contributed by atoms with van der Waals surface area (Å²) in [6.07, 6.45) is 1.21. The molecule has 2 fully saturated rings. The monoisotopic (exact) mass is 335 g/mol. The van der Waals surface area contributed by atoms with Crippen LogP contribution in [0, 0.1) is 12.8 Å². The van der Waals surface area contributed by atoms with Gasteiger partial charge in [-0.25, -0.2) is 0 Å². The minimum Gasteiger partial charge on any atom is -0.381 e. The number of piperazine rings is 1. The normalized spacial score (nSPS) is 23.0. The second-order valence-electron chi connectivity index (χ2n) is 6.64. The lowest BCUT2D eigenvalue weighted by atomic mass is 10.1. The summed E-state index contributed by atoms with van der Waals surface area (Å²) < 4.78 is 7.48. The van der Waals surface area contributed by atoms with E-state index >= 15 is 0 Å². The summed E-state index contributed by atoms with van der Waals surface area (Å²) in [6.45, 7) is 9.81. The minimum atomic E-state index is 0.643. The third-order valence-electron chi connectivity index (χ3n) is 5.01. The number of nitrogens with zero attached hydrogens (tertiary/aromatic N) is 6. The summed E-state index contributed by atoms with van der Waals surface area (Å²) >= 11 is 0. The highest BCUT2D eigenvalue weighted by molar-refractivity contribution is 5.79. The number of aryl methyl sites for hydroxylation is 1. The number of ether oxygens (including phenoxy) is 1. The maximum absolute atomic E-state index is 5.48. The van der Waals surface area contributed by atoms with Gasteiger partial charge in [-0.3, -0.25) is 9.89 Å². The molecule has 1 aromatic heterocycles. The molecular formula is C16H29N7O. The van der Waals surface area contributed by atoms with E-state index in [9.17, 15) is 0 Å². The van der Waals surface area contributed by atoms with Gasteiger partial charge in [0.2, 0.25) is 0 Å². The third kappa shape index (κ3) is 4.05. The van der Waals surface area contributed by atoms with Gasteiger partial charge in [0.15, 0.2) is 11.8 Å². The molecule has 24 heavy (non-hydrogen) atoms. The Hall–Kier alpha value is -1.67. The fourth-order valence-corrected chi connectivity index (χ4v) is 3.33. The van der Waals surface area contributed by atoms with Crippen LogP contribution >= 0.6 is 0 Å². The number of hydrogen-bond acceptors (Lipinski definition) is 5. The van der Waals surface area contributed by atoms with Gasteiger partial charge in [-0.05, 0) is 19.3 Å². The van der Waals surface area contributed by atoms with Crippen LogP contribution < -0.4 is 5.32 Å². The van der Waals surface area contributed by atoms with Crippen LogP contribution in [0.4, 0.5) is 0 Å². The largest absolute Gasteiger partial charge is 0.381 e. The molecule has 8 heteroatoms. The lowest BCUT2D eigenvalue weighted by Gasteiger charge is -2.37. The van der Waals surface area contributed by atoms with Crippen molar-refractivity contribution in [2.24, 2.45) is 18.0 Å². The molecule has 3 heterocycles. The number of aliphatic imine (C=N–C) groups is 1. The second kappa shape index (κ2) is 7.94. The zero-order chi connectivity index (χ0) is 16.9. The molecule has 0 aliphatic carbocycles. The van der Waals surface area contributed by atoms with Crippen LogP contribution in [0.1, 0.15) is 18.1 Å². The van der Waals surface area contributed by atoms with E-state index < -0.39 is 0 Å². The second-order valence-corrected chi connectivity index (χ2v) is 6.64. The van der Waals surface area contributed by atoms with E-state index in [-0.39, 0.29) is 0 Å². The summed E-state index contributed by atoms with van der Waals surface area (Å²) in [5.41, 5.74) is 0. The molecule has 0 bridgehead atoms. The smallest absolute Gasteiger partial charge is 0.194 e. The maximum Gasteiger partial charge on any atom is 0.194 e.